The second kappa shape index (κ2) is 8.89. The van der Waals surface area contributed by atoms with Crippen molar-refractivity contribution in [2.45, 2.75) is 64.8 Å². The van der Waals surface area contributed by atoms with Gasteiger partial charge in [-0.25, -0.2) is 0 Å². The molecule has 1 aliphatic heterocycles. The van der Waals surface area contributed by atoms with E-state index in [0.29, 0.717) is 6.04 Å². The molecule has 0 radical (unpaired) electrons. The smallest absolute Gasteiger partial charge is 0.254 e. The van der Waals surface area contributed by atoms with Crippen LogP contribution in [0.25, 0.3) is 0 Å². The van der Waals surface area contributed by atoms with Crippen LogP contribution in [0.15, 0.2) is 36.4 Å². The Bertz CT molecular complexity index is 865. The summed E-state index contributed by atoms with van der Waals surface area (Å²) in [6.07, 6.45) is 8.58. The van der Waals surface area contributed by atoms with Gasteiger partial charge in [-0.3, -0.25) is 4.79 Å². The number of nitrogens with zero attached hydrogens (tertiary/aromatic N) is 1. The highest BCUT2D eigenvalue weighted by atomic mass is 16.5. The Labute approximate surface area is 174 Å². The quantitative estimate of drug-likeness (QED) is 0.671. The summed E-state index contributed by atoms with van der Waals surface area (Å²) in [5.74, 6) is 1.68. The standard InChI is InChI=1S/C25H32N2O2/c1-18-10-12-22(17-23(18)25(28)27-14-6-3-7-15-27)29-24-13-11-21(16-19(24)2)26-20-8-4-5-9-20/h10-13,16-17,20,26H,3-9,14-15H2,1-2H3. The fourth-order valence-corrected chi connectivity index (χ4v) is 4.45. The van der Waals surface area contributed by atoms with E-state index in [1.165, 1.54) is 32.1 Å². The summed E-state index contributed by atoms with van der Waals surface area (Å²) in [6, 6.07) is 12.7. The first-order valence-electron chi connectivity index (χ1n) is 11.0. The lowest BCUT2D eigenvalue weighted by molar-refractivity contribution is 0.0723. The number of rotatable bonds is 5. The van der Waals surface area contributed by atoms with E-state index in [9.17, 15) is 4.79 Å². The fraction of sp³-hybridized carbons (Fsp3) is 0.480. The van der Waals surface area contributed by atoms with E-state index in [2.05, 4.69) is 24.4 Å². The Hall–Kier alpha value is -2.49. The molecular weight excluding hydrogens is 360 g/mol. The highest BCUT2D eigenvalue weighted by Gasteiger charge is 2.20. The van der Waals surface area contributed by atoms with Crippen molar-refractivity contribution in [3.63, 3.8) is 0 Å². The maximum Gasteiger partial charge on any atom is 0.254 e. The van der Waals surface area contributed by atoms with Gasteiger partial charge in [-0.15, -0.1) is 0 Å². The summed E-state index contributed by atoms with van der Waals surface area (Å²) >= 11 is 0. The zero-order valence-electron chi connectivity index (χ0n) is 17.7. The monoisotopic (exact) mass is 392 g/mol. The summed E-state index contributed by atoms with van der Waals surface area (Å²) in [7, 11) is 0. The summed E-state index contributed by atoms with van der Waals surface area (Å²) in [5, 5.41) is 3.63. The number of nitrogens with one attached hydrogen (secondary N) is 1. The Morgan fingerprint density at radius 3 is 2.41 bits per heavy atom. The highest BCUT2D eigenvalue weighted by molar-refractivity contribution is 5.96. The summed E-state index contributed by atoms with van der Waals surface area (Å²) in [5.41, 5.74) is 4.01. The average molecular weight is 393 g/mol. The van der Waals surface area contributed by atoms with Crippen molar-refractivity contribution >= 4 is 11.6 Å². The number of hydrogen-bond acceptors (Lipinski definition) is 3. The summed E-state index contributed by atoms with van der Waals surface area (Å²) in [4.78, 5) is 14.9. The van der Waals surface area contributed by atoms with E-state index in [0.717, 1.165) is 59.8 Å². The number of amides is 1. The van der Waals surface area contributed by atoms with Crippen molar-refractivity contribution < 1.29 is 9.53 Å². The van der Waals surface area contributed by atoms with Crippen LogP contribution in [0.2, 0.25) is 0 Å². The molecule has 2 aliphatic rings. The minimum Gasteiger partial charge on any atom is -0.457 e. The van der Waals surface area contributed by atoms with Gasteiger partial charge in [-0.1, -0.05) is 18.9 Å². The lowest BCUT2D eigenvalue weighted by atomic mass is 10.0. The lowest BCUT2D eigenvalue weighted by Gasteiger charge is -2.27. The molecule has 0 atom stereocenters. The molecule has 1 N–H and O–H groups in total. The zero-order valence-corrected chi connectivity index (χ0v) is 17.7. The molecule has 0 bridgehead atoms. The maximum atomic E-state index is 13.0. The largest absolute Gasteiger partial charge is 0.457 e. The van der Waals surface area contributed by atoms with Crippen molar-refractivity contribution in [1.29, 1.82) is 0 Å². The minimum absolute atomic E-state index is 0.125. The first kappa shape index (κ1) is 19.8. The Balaban J connectivity index is 1.48. The van der Waals surface area contributed by atoms with Crippen LogP contribution in [0, 0.1) is 13.8 Å². The van der Waals surface area contributed by atoms with Gasteiger partial charge in [-0.2, -0.15) is 0 Å². The molecule has 4 heteroatoms. The summed E-state index contributed by atoms with van der Waals surface area (Å²) in [6.45, 7) is 5.79. The predicted octanol–water partition coefficient (Wildman–Crippen LogP) is 6.08. The number of benzene rings is 2. The van der Waals surface area contributed by atoms with Crippen LogP contribution in [0.3, 0.4) is 0 Å². The third-order valence-electron chi connectivity index (χ3n) is 6.21. The van der Waals surface area contributed by atoms with E-state index in [1.54, 1.807) is 0 Å². The first-order chi connectivity index (χ1) is 14.1. The number of ether oxygens (including phenoxy) is 1. The van der Waals surface area contributed by atoms with Crippen molar-refractivity contribution in [3.05, 3.63) is 53.1 Å². The molecular formula is C25H32N2O2. The van der Waals surface area contributed by atoms with E-state index in [4.69, 9.17) is 4.74 Å². The number of anilines is 1. The van der Waals surface area contributed by atoms with Crippen molar-refractivity contribution in [1.82, 2.24) is 4.90 Å². The van der Waals surface area contributed by atoms with E-state index in [1.807, 2.05) is 36.1 Å². The molecule has 0 aromatic heterocycles. The average Bonchev–Trinajstić information content (AvgIpc) is 3.24. The molecule has 29 heavy (non-hydrogen) atoms. The maximum absolute atomic E-state index is 13.0. The van der Waals surface area contributed by atoms with Gasteiger partial charge in [0.25, 0.3) is 5.91 Å². The molecule has 1 amide bonds. The molecule has 1 heterocycles. The molecule has 4 rings (SSSR count). The van der Waals surface area contributed by atoms with Gasteiger partial charge in [0.2, 0.25) is 0 Å². The van der Waals surface area contributed by atoms with E-state index >= 15 is 0 Å². The van der Waals surface area contributed by atoms with Gasteiger partial charge in [0.1, 0.15) is 11.5 Å². The van der Waals surface area contributed by atoms with Gasteiger partial charge < -0.3 is 15.0 Å². The van der Waals surface area contributed by atoms with Gasteiger partial charge in [0.05, 0.1) is 0 Å². The number of hydrogen-bond donors (Lipinski definition) is 1. The predicted molar refractivity (Wildman–Crippen MR) is 118 cm³/mol. The molecule has 2 fully saturated rings. The van der Waals surface area contributed by atoms with E-state index < -0.39 is 0 Å². The number of carbonyl (C=O) groups is 1. The van der Waals surface area contributed by atoms with Crippen LogP contribution in [-0.2, 0) is 0 Å². The van der Waals surface area contributed by atoms with Gasteiger partial charge in [0.15, 0.2) is 0 Å². The topological polar surface area (TPSA) is 41.6 Å². The van der Waals surface area contributed by atoms with Crippen molar-refractivity contribution in [3.8, 4) is 11.5 Å². The molecule has 4 nitrogen and oxygen atoms in total. The lowest BCUT2D eigenvalue weighted by Crippen LogP contribution is -2.35. The molecule has 1 aliphatic carbocycles. The van der Waals surface area contributed by atoms with Gasteiger partial charge in [0, 0.05) is 30.4 Å². The zero-order chi connectivity index (χ0) is 20.2. The molecule has 1 saturated heterocycles. The molecule has 154 valence electrons. The molecule has 1 saturated carbocycles. The van der Waals surface area contributed by atoms with Crippen LogP contribution in [0.4, 0.5) is 5.69 Å². The number of piperidine rings is 1. The number of likely N-dealkylation sites (tertiary alicyclic amines) is 1. The molecule has 0 unspecified atom stereocenters. The van der Waals surface area contributed by atoms with Gasteiger partial charge in [-0.05, 0) is 87.4 Å². The normalized spacial score (nSPS) is 17.4. The van der Waals surface area contributed by atoms with Crippen LogP contribution in [-0.4, -0.2) is 29.9 Å². The van der Waals surface area contributed by atoms with Crippen LogP contribution >= 0.6 is 0 Å². The Morgan fingerprint density at radius 1 is 0.931 bits per heavy atom. The number of carbonyl (C=O) groups excluding carboxylic acids is 1. The molecule has 2 aromatic rings. The third-order valence-corrected chi connectivity index (χ3v) is 6.21. The summed E-state index contributed by atoms with van der Waals surface area (Å²) < 4.78 is 6.17. The molecule has 2 aromatic carbocycles. The fourth-order valence-electron chi connectivity index (χ4n) is 4.45. The third kappa shape index (κ3) is 4.75. The highest BCUT2D eigenvalue weighted by Crippen LogP contribution is 2.30. The number of aryl methyl sites for hydroxylation is 2. The minimum atomic E-state index is 0.125. The van der Waals surface area contributed by atoms with Crippen LogP contribution in [0.1, 0.15) is 66.4 Å². The van der Waals surface area contributed by atoms with Crippen molar-refractivity contribution in [2.24, 2.45) is 0 Å². The van der Waals surface area contributed by atoms with Crippen molar-refractivity contribution in [2.75, 3.05) is 18.4 Å². The second-order valence-electron chi connectivity index (χ2n) is 8.54. The molecule has 0 spiro atoms. The van der Waals surface area contributed by atoms with Gasteiger partial charge >= 0.3 is 0 Å². The Morgan fingerprint density at radius 2 is 1.69 bits per heavy atom. The van der Waals surface area contributed by atoms with Crippen LogP contribution in [0.5, 0.6) is 11.5 Å². The van der Waals surface area contributed by atoms with E-state index in [-0.39, 0.29) is 5.91 Å². The Kier molecular flexibility index (Phi) is 6.08. The SMILES string of the molecule is Cc1cc(NC2CCCC2)ccc1Oc1ccc(C)c(C(=O)N2CCCCC2)c1. The second-order valence-corrected chi connectivity index (χ2v) is 8.54. The first-order valence-corrected chi connectivity index (χ1v) is 11.0. The van der Waals surface area contributed by atoms with Crippen LogP contribution < -0.4 is 10.1 Å².